The van der Waals surface area contributed by atoms with E-state index in [0.717, 1.165) is 122 Å². The zero-order valence-electron chi connectivity index (χ0n) is 51.8. The zero-order chi connectivity index (χ0) is 55.8. The van der Waals surface area contributed by atoms with Gasteiger partial charge in [-0.3, -0.25) is 42.1 Å². The van der Waals surface area contributed by atoms with E-state index in [-0.39, 0.29) is 116 Å². The summed E-state index contributed by atoms with van der Waals surface area (Å²) in [6, 6.07) is 0. The molecule has 0 aromatic heterocycles. The molecule has 0 spiro atoms. The predicted octanol–water partition coefficient (Wildman–Crippen LogP) is 9.62. The van der Waals surface area contributed by atoms with Crippen LogP contribution in [0.2, 0.25) is 0 Å². The summed E-state index contributed by atoms with van der Waals surface area (Å²) in [4.78, 5) is 7.23. The monoisotopic (exact) mass is 1130 g/mol. The first-order valence-electron chi connectivity index (χ1n) is 34.5. The molecule has 16 heteroatoms. The van der Waals surface area contributed by atoms with Crippen molar-refractivity contribution in [3.05, 3.63) is 0 Å². The number of hydrogen-bond acceptors (Lipinski definition) is 16. The molecule has 7 N–H and O–H groups in total. The quantitative estimate of drug-likeness (QED) is 0.0319. The molecule has 0 amide bonds. The van der Waals surface area contributed by atoms with Crippen molar-refractivity contribution in [3.63, 3.8) is 0 Å². The zero-order valence-corrected chi connectivity index (χ0v) is 51.8. The average molecular weight is 1130 g/mol. The summed E-state index contributed by atoms with van der Waals surface area (Å²) in [6.07, 6.45) is 25.9. The molecule has 4 saturated carbocycles. The van der Waals surface area contributed by atoms with Crippen molar-refractivity contribution in [1.29, 1.82) is 0 Å². The molecule has 9 rings (SSSR count). The van der Waals surface area contributed by atoms with E-state index < -0.39 is 0 Å². The van der Waals surface area contributed by atoms with Crippen molar-refractivity contribution >= 4 is 0 Å². The second-order valence-electron chi connectivity index (χ2n) is 26.2. The van der Waals surface area contributed by atoms with E-state index in [2.05, 4.69) is 97.7 Å². The van der Waals surface area contributed by atoms with Gasteiger partial charge < -0.3 is 33.2 Å². The summed E-state index contributed by atoms with van der Waals surface area (Å²) in [7, 11) is 0. The van der Waals surface area contributed by atoms with E-state index in [1.54, 1.807) is 0 Å². The Hall–Kier alpha value is -0.640. The number of hydroxylamine groups is 2. The SMILES string of the molecule is CCCCOC1CC2C3NC(NC4NC(NC5NC(NC6C7CCCCC7C(N3)N6OCCCC)C3CCCCC53)C3C(OCCCC)C(OCCCC)C(OCCCC)C(OCCCC)C43)C2C(OCCCC)C1OCCCC. The molecular weight excluding hydrogens is 1010 g/mol. The molecule has 9 aliphatic rings. The second kappa shape index (κ2) is 32.9. The van der Waals surface area contributed by atoms with Crippen LogP contribution in [-0.2, 0) is 38.0 Å². The highest BCUT2D eigenvalue weighted by Crippen LogP contribution is 2.50. The molecule has 8 bridgehead atoms. The summed E-state index contributed by atoms with van der Waals surface area (Å²) in [5.74, 6) is 2.16. The highest BCUT2D eigenvalue weighted by atomic mass is 16.7. The predicted molar refractivity (Wildman–Crippen MR) is 317 cm³/mol. The van der Waals surface area contributed by atoms with Crippen LogP contribution >= 0.6 is 0 Å². The van der Waals surface area contributed by atoms with Crippen LogP contribution in [0.5, 0.6) is 0 Å². The van der Waals surface area contributed by atoms with Crippen LogP contribution in [0.1, 0.15) is 216 Å². The Morgan fingerprint density at radius 3 is 1.05 bits per heavy atom. The maximum Gasteiger partial charge on any atom is 0.113 e. The molecule has 4 aliphatic carbocycles. The van der Waals surface area contributed by atoms with E-state index in [1.807, 2.05) is 0 Å². The summed E-state index contributed by atoms with van der Waals surface area (Å²) < 4.78 is 51.1. The molecule has 5 aliphatic heterocycles. The maximum absolute atomic E-state index is 7.45. The van der Waals surface area contributed by atoms with Crippen molar-refractivity contribution in [2.24, 2.45) is 47.3 Å². The highest BCUT2D eigenvalue weighted by Gasteiger charge is 2.65. The van der Waals surface area contributed by atoms with Crippen molar-refractivity contribution < 1.29 is 38.0 Å². The van der Waals surface area contributed by atoms with E-state index in [0.29, 0.717) is 63.3 Å². The fourth-order valence-electron chi connectivity index (χ4n) is 16.5. The standard InChI is InChI=1S/C64H120N8O8/c1-9-17-33-73-47-41-46-48(52(75-35-19-11-3)51(47)74-34-18-10-2)60-67-59(46)71-64-45-32-28-27-31-44(45)63(72(64)80-40-24-16-8)70-58-43-30-26-25-29-42(43)57(65-58)66-61-49-50(62(68-60)69-61)54(77-37-21-13-5)56(79-39-23-15-7)55(78-38-22-14-6)53(49)76-36-20-12-4/h42-71H,9-41H2,1-8H3. The summed E-state index contributed by atoms with van der Waals surface area (Å²) in [6.45, 7) is 23.7. The fraction of sp³-hybridized carbons (Fsp3) is 1.00. The molecule has 5 heterocycles. The van der Waals surface area contributed by atoms with E-state index in [4.69, 9.17) is 38.0 Å². The molecule has 0 radical (unpaired) electrons. The molecule has 464 valence electrons. The largest absolute Gasteiger partial charge is 0.375 e. The van der Waals surface area contributed by atoms with Gasteiger partial charge in [0.25, 0.3) is 0 Å². The molecule has 80 heavy (non-hydrogen) atoms. The van der Waals surface area contributed by atoms with Crippen LogP contribution in [0.15, 0.2) is 0 Å². The van der Waals surface area contributed by atoms with Crippen LogP contribution < -0.4 is 37.2 Å². The summed E-state index contributed by atoms with van der Waals surface area (Å²) in [5.41, 5.74) is 0. The van der Waals surface area contributed by atoms with E-state index in [9.17, 15) is 0 Å². The number of unbranched alkanes of at least 4 members (excludes halogenated alkanes) is 8. The third-order valence-electron chi connectivity index (χ3n) is 20.7. The maximum atomic E-state index is 7.45. The Balaban J connectivity index is 1.19. The Labute approximate surface area is 486 Å². The lowest BCUT2D eigenvalue weighted by Gasteiger charge is -2.51. The minimum Gasteiger partial charge on any atom is -0.375 e. The van der Waals surface area contributed by atoms with Crippen molar-refractivity contribution in [2.75, 3.05) is 52.9 Å². The molecule has 23 unspecified atom stereocenters. The minimum absolute atomic E-state index is 0.0113. The van der Waals surface area contributed by atoms with Gasteiger partial charge in [0.05, 0.1) is 80.3 Å². The lowest BCUT2D eigenvalue weighted by molar-refractivity contribution is -0.239. The van der Waals surface area contributed by atoms with Crippen LogP contribution in [0.3, 0.4) is 0 Å². The third-order valence-corrected chi connectivity index (χ3v) is 20.7. The van der Waals surface area contributed by atoms with Gasteiger partial charge in [0.15, 0.2) is 0 Å². The van der Waals surface area contributed by atoms with Crippen LogP contribution in [0.4, 0.5) is 0 Å². The van der Waals surface area contributed by atoms with Crippen molar-refractivity contribution in [2.45, 2.75) is 308 Å². The van der Waals surface area contributed by atoms with Crippen LogP contribution in [0.25, 0.3) is 0 Å². The number of nitrogens with zero attached hydrogens (tertiary/aromatic N) is 1. The smallest absolute Gasteiger partial charge is 0.113 e. The first-order chi connectivity index (χ1) is 39.4. The number of rotatable bonds is 32. The minimum atomic E-state index is -0.295. The van der Waals surface area contributed by atoms with E-state index in [1.165, 1.54) is 51.4 Å². The lowest BCUT2D eigenvalue weighted by Crippen LogP contribution is -2.66. The van der Waals surface area contributed by atoms with Gasteiger partial charge in [0.2, 0.25) is 0 Å². The number of fused-ring (bicyclic) bond motifs is 20. The molecule has 5 saturated heterocycles. The van der Waals surface area contributed by atoms with Gasteiger partial charge in [0, 0.05) is 64.0 Å². The molecule has 0 aromatic carbocycles. The van der Waals surface area contributed by atoms with Gasteiger partial charge >= 0.3 is 0 Å². The average Bonchev–Trinajstić information content (AvgIpc) is 4.30. The second-order valence-corrected chi connectivity index (χ2v) is 26.2. The van der Waals surface area contributed by atoms with Gasteiger partial charge in [-0.15, -0.1) is 0 Å². The van der Waals surface area contributed by atoms with Gasteiger partial charge in [-0.25, -0.2) is 0 Å². The molecule has 23 atom stereocenters. The topological polar surface area (TPSA) is 161 Å². The van der Waals surface area contributed by atoms with Gasteiger partial charge in [-0.05, 0) is 113 Å². The van der Waals surface area contributed by atoms with E-state index >= 15 is 0 Å². The number of hydrogen-bond donors (Lipinski definition) is 7. The Kier molecular flexibility index (Phi) is 26.3. The summed E-state index contributed by atoms with van der Waals surface area (Å²) >= 11 is 0. The summed E-state index contributed by atoms with van der Waals surface area (Å²) in [5, 5.41) is 33.6. The Bertz CT molecular complexity index is 1730. The van der Waals surface area contributed by atoms with Crippen LogP contribution in [-0.4, -0.2) is 150 Å². The highest BCUT2D eigenvalue weighted by molar-refractivity contribution is 5.16. The number of nitrogens with one attached hydrogen (secondary N) is 7. The van der Waals surface area contributed by atoms with Crippen molar-refractivity contribution in [1.82, 2.24) is 42.3 Å². The Morgan fingerprint density at radius 1 is 0.300 bits per heavy atom. The third kappa shape index (κ3) is 15.0. The normalized spacial score (nSPS) is 41.6. The first-order valence-corrected chi connectivity index (χ1v) is 34.5. The Morgan fingerprint density at radius 2 is 0.613 bits per heavy atom. The molecule has 0 aromatic rings. The van der Waals surface area contributed by atoms with Gasteiger partial charge in [-0.2, -0.15) is 5.06 Å². The van der Waals surface area contributed by atoms with Crippen molar-refractivity contribution in [3.8, 4) is 0 Å². The first kappa shape index (κ1) is 63.9. The van der Waals surface area contributed by atoms with Gasteiger partial charge in [-0.1, -0.05) is 132 Å². The molecule has 9 fully saturated rings. The fourth-order valence-corrected chi connectivity index (χ4v) is 16.5. The van der Waals surface area contributed by atoms with Crippen LogP contribution in [0, 0.1) is 47.3 Å². The molecule has 16 nitrogen and oxygen atoms in total. The van der Waals surface area contributed by atoms with Gasteiger partial charge in [0.1, 0.15) is 18.3 Å². The molecular formula is C64H120N8O8. The number of ether oxygens (including phenoxy) is 7. The lowest BCUT2D eigenvalue weighted by atomic mass is 9.71.